The topological polar surface area (TPSA) is 42.4 Å². The first-order chi connectivity index (χ1) is 13.0. The highest BCUT2D eigenvalue weighted by atomic mass is 16.1. The Hall–Kier alpha value is -0.650. The van der Waals surface area contributed by atoms with Crippen LogP contribution in [-0.2, 0) is 4.79 Å². The van der Waals surface area contributed by atoms with Crippen LogP contribution >= 0.6 is 0 Å². The van der Waals surface area contributed by atoms with E-state index in [1.807, 2.05) is 0 Å². The Balaban J connectivity index is 1.89. The average Bonchev–Trinajstić information content (AvgIpc) is 2.54. The molecule has 2 fully saturated rings. The summed E-state index contributed by atoms with van der Waals surface area (Å²) in [5.41, 5.74) is 0.942. The monoisotopic (exact) mass is 411 g/mol. The maximum absolute atomic E-state index is 12.8. The zero-order chi connectivity index (χ0) is 22.4. The van der Waals surface area contributed by atoms with Crippen molar-refractivity contribution in [2.45, 2.75) is 122 Å². The number of hydrogen-bond donors (Lipinski definition) is 4. The molecule has 5 nitrogen and oxygen atoms in total. The molecule has 2 aliphatic rings. The van der Waals surface area contributed by atoms with Gasteiger partial charge in [0, 0.05) is 18.9 Å². The summed E-state index contributed by atoms with van der Waals surface area (Å²) in [6.45, 7) is 19.8. The molecule has 2 heterocycles. The highest BCUT2D eigenvalue weighted by molar-refractivity contribution is 5.76. The molecular formula is C24H51N4O+3. The molecule has 0 aromatic heterocycles. The predicted octanol–water partition coefficient (Wildman–Crippen LogP) is -0.524. The molecule has 2 rings (SSSR count). The molecule has 1 atom stereocenters. The lowest BCUT2D eigenvalue weighted by atomic mass is 9.77. The third kappa shape index (κ3) is 5.54. The molecule has 0 aromatic carbocycles. The lowest BCUT2D eigenvalue weighted by Crippen LogP contribution is -3.27. The van der Waals surface area contributed by atoms with Crippen LogP contribution in [0, 0.1) is 0 Å². The van der Waals surface area contributed by atoms with Crippen LogP contribution in [0.3, 0.4) is 0 Å². The number of nitrogens with one attached hydrogen (secondary N) is 4. The molecule has 0 saturated carbocycles. The van der Waals surface area contributed by atoms with Gasteiger partial charge in [-0.3, -0.25) is 4.79 Å². The van der Waals surface area contributed by atoms with Crippen LogP contribution in [-0.4, -0.2) is 67.8 Å². The van der Waals surface area contributed by atoms with Crippen molar-refractivity contribution in [3.8, 4) is 0 Å². The third-order valence-corrected chi connectivity index (χ3v) is 8.90. The van der Waals surface area contributed by atoms with Crippen molar-refractivity contribution < 1.29 is 19.5 Å². The standard InChI is InChI=1S/C24H48N4O/c1-21(2)14-18(15-22(3,4)27(21)10)25-20(29)12-13-26(9)19-16-23(5,6)28(11)24(7,8)17-19/h18-19H,12-17H2,1-11H3,(H,25,29)/p+3. The number of carbonyl (C=O) groups excluding carboxylic acids is 1. The van der Waals surface area contributed by atoms with Gasteiger partial charge in [-0.1, -0.05) is 0 Å². The summed E-state index contributed by atoms with van der Waals surface area (Å²) in [5, 5.41) is 3.38. The van der Waals surface area contributed by atoms with Gasteiger partial charge in [-0.05, 0) is 55.4 Å². The smallest absolute Gasteiger partial charge is 0.225 e. The summed E-state index contributed by atoms with van der Waals surface area (Å²) in [7, 11) is 6.92. The van der Waals surface area contributed by atoms with Gasteiger partial charge in [0.1, 0.15) is 0 Å². The summed E-state index contributed by atoms with van der Waals surface area (Å²) >= 11 is 0. The summed E-state index contributed by atoms with van der Waals surface area (Å²) < 4.78 is 0. The van der Waals surface area contributed by atoms with Crippen LogP contribution in [0.1, 0.15) is 87.5 Å². The van der Waals surface area contributed by atoms with E-state index in [1.54, 1.807) is 9.80 Å². The van der Waals surface area contributed by atoms with Gasteiger partial charge in [-0.15, -0.1) is 0 Å². The van der Waals surface area contributed by atoms with Gasteiger partial charge in [-0.2, -0.15) is 0 Å². The fourth-order valence-corrected chi connectivity index (χ4v) is 6.32. The zero-order valence-corrected chi connectivity index (χ0v) is 21.3. The molecule has 170 valence electrons. The lowest BCUT2D eigenvalue weighted by molar-refractivity contribution is -1.00. The van der Waals surface area contributed by atoms with Crippen molar-refractivity contribution in [2.75, 3.05) is 27.7 Å². The highest BCUT2D eigenvalue weighted by Crippen LogP contribution is 2.24. The Morgan fingerprint density at radius 1 is 0.828 bits per heavy atom. The molecule has 0 aromatic rings. The first-order valence-corrected chi connectivity index (χ1v) is 11.8. The molecule has 5 heteroatoms. The van der Waals surface area contributed by atoms with Crippen molar-refractivity contribution in [1.29, 1.82) is 0 Å². The summed E-state index contributed by atoms with van der Waals surface area (Å²) in [4.78, 5) is 17.5. The normalized spacial score (nSPS) is 36.2. The van der Waals surface area contributed by atoms with Crippen LogP contribution in [0.2, 0.25) is 0 Å². The van der Waals surface area contributed by atoms with E-state index in [2.05, 4.69) is 81.8 Å². The van der Waals surface area contributed by atoms with E-state index in [1.165, 1.54) is 17.7 Å². The minimum atomic E-state index is 0.190. The average molecular weight is 412 g/mol. The van der Waals surface area contributed by atoms with Crippen LogP contribution in [0.5, 0.6) is 0 Å². The van der Waals surface area contributed by atoms with Gasteiger partial charge in [0.25, 0.3) is 0 Å². The molecular weight excluding hydrogens is 360 g/mol. The van der Waals surface area contributed by atoms with E-state index < -0.39 is 0 Å². The molecule has 2 aliphatic heterocycles. The SMILES string of the molecule is C[NH+](CCC(=O)NC1CC(C)(C)[NH+](C)C(C)(C)C1)C1CC(C)(C)[NH+](C)C(C)(C)C1. The predicted molar refractivity (Wildman–Crippen MR) is 121 cm³/mol. The van der Waals surface area contributed by atoms with Crippen LogP contribution in [0.4, 0.5) is 0 Å². The number of hydrogen-bond acceptors (Lipinski definition) is 1. The van der Waals surface area contributed by atoms with Gasteiger partial charge in [0.15, 0.2) is 0 Å². The van der Waals surface area contributed by atoms with Crippen molar-refractivity contribution >= 4 is 5.91 Å². The van der Waals surface area contributed by atoms with Crippen LogP contribution < -0.4 is 20.0 Å². The quantitative estimate of drug-likeness (QED) is 0.483. The van der Waals surface area contributed by atoms with Crippen molar-refractivity contribution in [2.24, 2.45) is 0 Å². The van der Waals surface area contributed by atoms with E-state index in [-0.39, 0.29) is 28.1 Å². The largest absolute Gasteiger partial charge is 0.353 e. The maximum atomic E-state index is 12.8. The Kier molecular flexibility index (Phi) is 6.90. The molecule has 1 unspecified atom stereocenters. The van der Waals surface area contributed by atoms with Crippen molar-refractivity contribution in [1.82, 2.24) is 5.32 Å². The van der Waals surface area contributed by atoms with Crippen molar-refractivity contribution in [3.05, 3.63) is 0 Å². The fourth-order valence-electron chi connectivity index (χ4n) is 6.32. The number of carbonyl (C=O) groups is 1. The van der Waals surface area contributed by atoms with Crippen molar-refractivity contribution in [3.63, 3.8) is 0 Å². The van der Waals surface area contributed by atoms with Gasteiger partial charge in [0.05, 0.1) is 75.1 Å². The van der Waals surface area contributed by atoms with E-state index in [0.29, 0.717) is 18.5 Å². The summed E-state index contributed by atoms with van der Waals surface area (Å²) in [5.74, 6) is 0.234. The molecule has 0 spiro atoms. The molecule has 0 radical (unpaired) electrons. The zero-order valence-electron chi connectivity index (χ0n) is 21.3. The summed E-state index contributed by atoms with van der Waals surface area (Å²) in [6, 6.07) is 0.919. The maximum Gasteiger partial charge on any atom is 0.225 e. The summed E-state index contributed by atoms with van der Waals surface area (Å²) in [6.07, 6.45) is 5.17. The van der Waals surface area contributed by atoms with Crippen LogP contribution in [0.15, 0.2) is 0 Å². The Morgan fingerprint density at radius 2 is 1.21 bits per heavy atom. The Labute approximate surface area is 180 Å². The van der Waals surface area contributed by atoms with Crippen LogP contribution in [0.25, 0.3) is 0 Å². The highest BCUT2D eigenvalue weighted by Gasteiger charge is 2.50. The number of amides is 1. The number of likely N-dealkylation sites (tertiary alicyclic amines) is 2. The second-order valence-corrected chi connectivity index (χ2v) is 12.9. The second kappa shape index (κ2) is 8.12. The molecule has 0 bridgehead atoms. The van der Waals surface area contributed by atoms with E-state index in [9.17, 15) is 4.79 Å². The Bertz CT molecular complexity index is 560. The first-order valence-electron chi connectivity index (χ1n) is 11.8. The first kappa shape index (κ1) is 24.6. The molecule has 0 aliphatic carbocycles. The number of quaternary nitrogens is 3. The van der Waals surface area contributed by atoms with Gasteiger partial charge >= 0.3 is 0 Å². The lowest BCUT2D eigenvalue weighted by Gasteiger charge is -2.50. The molecule has 29 heavy (non-hydrogen) atoms. The number of piperidine rings is 2. The van der Waals surface area contributed by atoms with E-state index in [0.717, 1.165) is 19.4 Å². The van der Waals surface area contributed by atoms with E-state index in [4.69, 9.17) is 0 Å². The van der Waals surface area contributed by atoms with Gasteiger partial charge < -0.3 is 20.0 Å². The minimum Gasteiger partial charge on any atom is -0.353 e. The van der Waals surface area contributed by atoms with Gasteiger partial charge in [-0.25, -0.2) is 0 Å². The Morgan fingerprint density at radius 3 is 1.62 bits per heavy atom. The third-order valence-electron chi connectivity index (χ3n) is 8.90. The second-order valence-electron chi connectivity index (χ2n) is 12.9. The molecule has 2 saturated heterocycles. The van der Waals surface area contributed by atoms with Gasteiger partial charge in [0.2, 0.25) is 5.91 Å². The molecule has 1 amide bonds. The molecule has 4 N–H and O–H groups in total. The van der Waals surface area contributed by atoms with E-state index >= 15 is 0 Å². The number of rotatable bonds is 5. The fraction of sp³-hybridized carbons (Fsp3) is 0.958. The minimum absolute atomic E-state index is 0.190.